The number of fused-ring (bicyclic) bond motifs is 1. The van der Waals surface area contributed by atoms with Crippen molar-refractivity contribution in [2.45, 2.75) is 37.5 Å². The number of pyridine rings is 1. The summed E-state index contributed by atoms with van der Waals surface area (Å²) in [6, 6.07) is 5.88. The molecule has 1 saturated heterocycles. The van der Waals surface area contributed by atoms with Crippen molar-refractivity contribution in [3.8, 4) is 0 Å². The van der Waals surface area contributed by atoms with Gasteiger partial charge in [0.15, 0.2) is 5.65 Å². The molecule has 0 aromatic carbocycles. The molecule has 0 bridgehead atoms. The van der Waals surface area contributed by atoms with Crippen LogP contribution < -0.4 is 0 Å². The monoisotopic (exact) mass is 337 g/mol. The first-order valence-corrected chi connectivity index (χ1v) is 8.84. The van der Waals surface area contributed by atoms with Crippen molar-refractivity contribution < 1.29 is 9.32 Å². The molecule has 1 atom stereocenters. The normalized spacial score (nSPS) is 21.0. The number of likely N-dealkylation sites (tertiary alicyclic amines) is 1. The second kappa shape index (κ2) is 5.68. The van der Waals surface area contributed by atoms with Crippen molar-refractivity contribution >= 4 is 11.6 Å². The minimum Gasteiger partial charge on any atom is -0.364 e. The van der Waals surface area contributed by atoms with E-state index in [2.05, 4.69) is 15.4 Å². The van der Waals surface area contributed by atoms with Gasteiger partial charge in [0.05, 0.1) is 5.69 Å². The van der Waals surface area contributed by atoms with Crippen LogP contribution in [-0.4, -0.2) is 43.7 Å². The van der Waals surface area contributed by atoms with Gasteiger partial charge >= 0.3 is 0 Å². The standard InChI is InChI=1S/C18H19N5O2/c24-18(14-11-25-21-16(14)12-6-7-12)22-8-3-4-13(10-22)17-20-19-15-5-1-2-9-23(15)17/h1-2,5,9,11-13H,3-4,6-8,10H2/t13-/m1/s1. The lowest BCUT2D eigenvalue weighted by atomic mass is 9.96. The van der Waals surface area contributed by atoms with Gasteiger partial charge in [-0.1, -0.05) is 11.2 Å². The van der Waals surface area contributed by atoms with Gasteiger partial charge in [0.25, 0.3) is 5.91 Å². The van der Waals surface area contributed by atoms with E-state index < -0.39 is 0 Å². The van der Waals surface area contributed by atoms with Crippen molar-refractivity contribution in [2.24, 2.45) is 0 Å². The first-order chi connectivity index (χ1) is 12.3. The van der Waals surface area contributed by atoms with Gasteiger partial charge in [-0.15, -0.1) is 10.2 Å². The van der Waals surface area contributed by atoms with Gasteiger partial charge in [-0.3, -0.25) is 9.20 Å². The van der Waals surface area contributed by atoms with Gasteiger partial charge in [0.1, 0.15) is 17.7 Å². The molecule has 1 amide bonds. The number of carbonyl (C=O) groups excluding carboxylic acids is 1. The molecular formula is C18H19N5O2. The van der Waals surface area contributed by atoms with Crippen LogP contribution >= 0.6 is 0 Å². The summed E-state index contributed by atoms with van der Waals surface area (Å²) in [5.74, 6) is 1.56. The smallest absolute Gasteiger partial charge is 0.259 e. The van der Waals surface area contributed by atoms with E-state index >= 15 is 0 Å². The van der Waals surface area contributed by atoms with E-state index in [9.17, 15) is 4.79 Å². The van der Waals surface area contributed by atoms with E-state index in [1.807, 2.05) is 33.7 Å². The molecule has 0 N–H and O–H groups in total. The molecule has 3 aromatic rings. The molecule has 7 heteroatoms. The molecular weight excluding hydrogens is 318 g/mol. The maximum atomic E-state index is 13.0. The summed E-state index contributed by atoms with van der Waals surface area (Å²) in [5, 5.41) is 12.7. The highest BCUT2D eigenvalue weighted by Gasteiger charge is 2.35. The number of aromatic nitrogens is 4. The number of hydrogen-bond acceptors (Lipinski definition) is 5. The number of nitrogens with zero attached hydrogens (tertiary/aromatic N) is 5. The summed E-state index contributed by atoms with van der Waals surface area (Å²) < 4.78 is 7.11. The largest absolute Gasteiger partial charge is 0.364 e. The van der Waals surface area contributed by atoms with Gasteiger partial charge in [-0.2, -0.15) is 0 Å². The maximum absolute atomic E-state index is 13.0. The van der Waals surface area contributed by atoms with Crippen LogP contribution in [0.4, 0.5) is 0 Å². The Balaban J connectivity index is 1.40. The zero-order valence-electron chi connectivity index (χ0n) is 13.8. The Hall–Kier alpha value is -2.70. The predicted molar refractivity (Wildman–Crippen MR) is 89.3 cm³/mol. The van der Waals surface area contributed by atoms with Crippen LogP contribution in [-0.2, 0) is 0 Å². The van der Waals surface area contributed by atoms with E-state index in [4.69, 9.17) is 4.52 Å². The minimum absolute atomic E-state index is 0.0293. The molecule has 0 spiro atoms. The van der Waals surface area contributed by atoms with Crippen LogP contribution in [0.2, 0.25) is 0 Å². The van der Waals surface area contributed by atoms with Crippen molar-refractivity contribution in [1.82, 2.24) is 24.7 Å². The minimum atomic E-state index is 0.0293. The van der Waals surface area contributed by atoms with Crippen LogP contribution in [0.15, 0.2) is 35.2 Å². The molecule has 0 radical (unpaired) electrons. The summed E-state index contributed by atoms with van der Waals surface area (Å²) in [6.07, 6.45) is 7.66. The number of amides is 1. The number of hydrogen-bond donors (Lipinski definition) is 0. The van der Waals surface area contributed by atoms with Crippen molar-refractivity contribution in [2.75, 3.05) is 13.1 Å². The quantitative estimate of drug-likeness (QED) is 0.734. The number of carbonyl (C=O) groups is 1. The van der Waals surface area contributed by atoms with Crippen LogP contribution in [0.25, 0.3) is 5.65 Å². The van der Waals surface area contributed by atoms with Crippen molar-refractivity contribution in [3.63, 3.8) is 0 Å². The Bertz CT molecular complexity index is 926. The number of piperidine rings is 1. The first kappa shape index (κ1) is 14.6. The van der Waals surface area contributed by atoms with E-state index in [0.29, 0.717) is 18.0 Å². The van der Waals surface area contributed by atoms with E-state index in [1.165, 1.54) is 6.26 Å². The van der Waals surface area contributed by atoms with E-state index in [0.717, 1.165) is 49.4 Å². The molecule has 4 heterocycles. The zero-order chi connectivity index (χ0) is 16.8. The van der Waals surface area contributed by atoms with E-state index in [1.54, 1.807) is 0 Å². The van der Waals surface area contributed by atoms with Crippen LogP contribution in [0.3, 0.4) is 0 Å². The Morgan fingerprint density at radius 1 is 1.16 bits per heavy atom. The van der Waals surface area contributed by atoms with Crippen molar-refractivity contribution in [3.05, 3.63) is 47.7 Å². The predicted octanol–water partition coefficient (Wildman–Crippen LogP) is 2.61. The molecule has 7 nitrogen and oxygen atoms in total. The molecule has 1 aliphatic heterocycles. The summed E-state index contributed by atoms with van der Waals surface area (Å²) in [7, 11) is 0. The molecule has 25 heavy (non-hydrogen) atoms. The summed E-state index contributed by atoms with van der Waals surface area (Å²) in [6.45, 7) is 1.42. The van der Waals surface area contributed by atoms with Crippen LogP contribution in [0.5, 0.6) is 0 Å². The Kier molecular flexibility index (Phi) is 3.33. The lowest BCUT2D eigenvalue weighted by Crippen LogP contribution is -2.39. The third-order valence-electron chi connectivity index (χ3n) is 5.21. The van der Waals surface area contributed by atoms with Gasteiger partial charge in [0.2, 0.25) is 0 Å². The summed E-state index contributed by atoms with van der Waals surface area (Å²) in [5.41, 5.74) is 2.31. The first-order valence-electron chi connectivity index (χ1n) is 8.84. The molecule has 2 aliphatic rings. The van der Waals surface area contributed by atoms with Gasteiger partial charge in [-0.25, -0.2) is 0 Å². The van der Waals surface area contributed by atoms with Gasteiger partial charge in [0, 0.05) is 31.1 Å². The molecule has 2 fully saturated rings. The fourth-order valence-electron chi connectivity index (χ4n) is 3.74. The lowest BCUT2D eigenvalue weighted by molar-refractivity contribution is 0.0702. The highest BCUT2D eigenvalue weighted by atomic mass is 16.5. The second-order valence-electron chi connectivity index (χ2n) is 6.97. The zero-order valence-corrected chi connectivity index (χ0v) is 13.8. The highest BCUT2D eigenvalue weighted by Crippen LogP contribution is 2.41. The third kappa shape index (κ3) is 2.50. The Labute approximate surface area is 144 Å². The Morgan fingerprint density at radius 3 is 2.96 bits per heavy atom. The maximum Gasteiger partial charge on any atom is 0.259 e. The average molecular weight is 337 g/mol. The molecule has 3 aromatic heterocycles. The molecule has 1 aliphatic carbocycles. The molecule has 1 saturated carbocycles. The van der Waals surface area contributed by atoms with Crippen molar-refractivity contribution in [1.29, 1.82) is 0 Å². The molecule has 5 rings (SSSR count). The molecule has 128 valence electrons. The van der Waals surface area contributed by atoms with Crippen LogP contribution in [0.1, 0.15) is 59.4 Å². The SMILES string of the molecule is O=C(c1conc1C1CC1)N1CCC[C@@H](c2nnc3ccccn23)C1. The number of rotatable bonds is 3. The van der Waals surface area contributed by atoms with Gasteiger partial charge < -0.3 is 9.42 Å². The topological polar surface area (TPSA) is 76.5 Å². The van der Waals surface area contributed by atoms with Crippen LogP contribution in [0, 0.1) is 0 Å². The summed E-state index contributed by atoms with van der Waals surface area (Å²) in [4.78, 5) is 14.9. The second-order valence-corrected chi connectivity index (χ2v) is 6.97. The fraction of sp³-hybridized carbons (Fsp3) is 0.444. The Morgan fingerprint density at radius 2 is 2.08 bits per heavy atom. The van der Waals surface area contributed by atoms with Gasteiger partial charge in [-0.05, 0) is 37.8 Å². The van der Waals surface area contributed by atoms with E-state index in [-0.39, 0.29) is 11.8 Å². The highest BCUT2D eigenvalue weighted by molar-refractivity contribution is 5.95. The third-order valence-corrected chi connectivity index (χ3v) is 5.21. The summed E-state index contributed by atoms with van der Waals surface area (Å²) >= 11 is 0. The molecule has 0 unspecified atom stereocenters. The fourth-order valence-corrected chi connectivity index (χ4v) is 3.74. The lowest BCUT2D eigenvalue weighted by Gasteiger charge is -2.31. The average Bonchev–Trinajstić information content (AvgIpc) is 3.22.